The minimum atomic E-state index is -0.955. The molecule has 5 nitrogen and oxygen atoms in total. The molecule has 0 saturated carbocycles. The number of urea groups is 1. The summed E-state index contributed by atoms with van der Waals surface area (Å²) in [5.74, 6) is -1.99. The number of carbonyl (C=O) groups is 2. The molecular formula is C15H21FN2O3. The van der Waals surface area contributed by atoms with Crippen molar-refractivity contribution in [3.05, 3.63) is 35.6 Å². The summed E-state index contributed by atoms with van der Waals surface area (Å²) in [6.45, 7) is 5.49. The number of rotatable bonds is 6. The van der Waals surface area contributed by atoms with Gasteiger partial charge in [-0.2, -0.15) is 0 Å². The van der Waals surface area contributed by atoms with E-state index in [0.717, 1.165) is 0 Å². The molecule has 2 atom stereocenters. The highest BCUT2D eigenvalue weighted by atomic mass is 19.1. The maximum Gasteiger partial charge on any atom is 0.317 e. The zero-order chi connectivity index (χ0) is 16.0. The molecule has 0 saturated heterocycles. The Morgan fingerprint density at radius 2 is 1.95 bits per heavy atom. The molecule has 2 amide bonds. The lowest BCUT2D eigenvalue weighted by atomic mass is 10.1. The molecule has 6 heteroatoms. The molecule has 0 aliphatic carbocycles. The molecular weight excluding hydrogens is 275 g/mol. The lowest BCUT2D eigenvalue weighted by Crippen LogP contribution is -2.44. The predicted octanol–water partition coefficient (Wildman–Crippen LogP) is 2.64. The van der Waals surface area contributed by atoms with E-state index in [1.54, 1.807) is 39.0 Å². The Kier molecular flexibility index (Phi) is 6.14. The number of nitrogens with zero attached hydrogens (tertiary/aromatic N) is 1. The lowest BCUT2D eigenvalue weighted by molar-refractivity contribution is -0.141. The van der Waals surface area contributed by atoms with Crippen LogP contribution < -0.4 is 5.32 Å². The summed E-state index contributed by atoms with van der Waals surface area (Å²) in [7, 11) is 0. The highest BCUT2D eigenvalue weighted by Crippen LogP contribution is 2.16. The SMILES string of the molecule is CCN(CC(C)C(=O)O)C(=O)NC(C)c1ccccc1F. The van der Waals surface area contributed by atoms with Crippen molar-refractivity contribution in [3.63, 3.8) is 0 Å². The molecule has 0 fully saturated rings. The number of carboxylic acids is 1. The first-order chi connectivity index (χ1) is 9.86. The van der Waals surface area contributed by atoms with Gasteiger partial charge in [0, 0.05) is 18.7 Å². The lowest BCUT2D eigenvalue weighted by Gasteiger charge is -2.25. The Bertz CT molecular complexity index is 507. The number of amides is 2. The van der Waals surface area contributed by atoms with Crippen molar-refractivity contribution in [2.75, 3.05) is 13.1 Å². The first kappa shape index (κ1) is 16.9. The van der Waals surface area contributed by atoms with Crippen molar-refractivity contribution in [2.24, 2.45) is 5.92 Å². The van der Waals surface area contributed by atoms with Crippen molar-refractivity contribution in [2.45, 2.75) is 26.8 Å². The van der Waals surface area contributed by atoms with E-state index < -0.39 is 24.0 Å². The maximum atomic E-state index is 13.6. The number of carbonyl (C=O) groups excluding carboxylic acids is 1. The third-order valence-corrected chi connectivity index (χ3v) is 3.30. The Balaban J connectivity index is 2.70. The molecule has 2 N–H and O–H groups in total. The second kappa shape index (κ2) is 7.61. The molecule has 0 aliphatic heterocycles. The van der Waals surface area contributed by atoms with Crippen molar-refractivity contribution in [3.8, 4) is 0 Å². The first-order valence-corrected chi connectivity index (χ1v) is 6.89. The van der Waals surface area contributed by atoms with Gasteiger partial charge in [-0.15, -0.1) is 0 Å². The van der Waals surface area contributed by atoms with Crippen LogP contribution in [0.4, 0.5) is 9.18 Å². The Labute approximate surface area is 123 Å². The number of aliphatic carboxylic acids is 1. The van der Waals surface area contributed by atoms with Crippen molar-refractivity contribution in [1.29, 1.82) is 0 Å². The van der Waals surface area contributed by atoms with Crippen LogP contribution in [0.15, 0.2) is 24.3 Å². The largest absolute Gasteiger partial charge is 0.481 e. The minimum Gasteiger partial charge on any atom is -0.481 e. The van der Waals surface area contributed by atoms with Gasteiger partial charge in [-0.25, -0.2) is 9.18 Å². The van der Waals surface area contributed by atoms with E-state index in [1.165, 1.54) is 11.0 Å². The molecule has 116 valence electrons. The maximum absolute atomic E-state index is 13.6. The van der Waals surface area contributed by atoms with Gasteiger partial charge >= 0.3 is 12.0 Å². The van der Waals surface area contributed by atoms with Gasteiger partial charge in [0.2, 0.25) is 0 Å². The number of nitrogens with one attached hydrogen (secondary N) is 1. The van der Waals surface area contributed by atoms with E-state index in [-0.39, 0.29) is 12.4 Å². The van der Waals surface area contributed by atoms with E-state index >= 15 is 0 Å². The third-order valence-electron chi connectivity index (χ3n) is 3.30. The average Bonchev–Trinajstić information content (AvgIpc) is 2.44. The Hall–Kier alpha value is -2.11. The van der Waals surface area contributed by atoms with E-state index in [9.17, 15) is 14.0 Å². The van der Waals surface area contributed by atoms with Crippen LogP contribution in [0.25, 0.3) is 0 Å². The Morgan fingerprint density at radius 1 is 1.33 bits per heavy atom. The van der Waals surface area contributed by atoms with Crippen LogP contribution in [0.1, 0.15) is 32.4 Å². The summed E-state index contributed by atoms with van der Waals surface area (Å²) in [4.78, 5) is 24.4. The second-order valence-corrected chi connectivity index (χ2v) is 4.97. The van der Waals surface area contributed by atoms with Crippen LogP contribution in [-0.2, 0) is 4.79 Å². The molecule has 1 rings (SSSR count). The summed E-state index contributed by atoms with van der Waals surface area (Å²) in [6, 6.07) is 5.33. The molecule has 0 spiro atoms. The molecule has 0 bridgehead atoms. The summed E-state index contributed by atoms with van der Waals surface area (Å²) >= 11 is 0. The molecule has 0 heterocycles. The average molecular weight is 296 g/mol. The summed E-state index contributed by atoms with van der Waals surface area (Å²) in [6.07, 6.45) is 0. The first-order valence-electron chi connectivity index (χ1n) is 6.89. The van der Waals surface area contributed by atoms with E-state index in [2.05, 4.69) is 5.32 Å². The highest BCUT2D eigenvalue weighted by molar-refractivity contribution is 5.76. The topological polar surface area (TPSA) is 69.6 Å². The number of hydrogen-bond acceptors (Lipinski definition) is 2. The fourth-order valence-electron chi connectivity index (χ4n) is 1.94. The normalized spacial score (nSPS) is 13.3. The quantitative estimate of drug-likeness (QED) is 0.848. The van der Waals surface area contributed by atoms with Crippen LogP contribution in [0.5, 0.6) is 0 Å². The Morgan fingerprint density at radius 3 is 2.48 bits per heavy atom. The zero-order valence-electron chi connectivity index (χ0n) is 12.5. The van der Waals surface area contributed by atoms with Gasteiger partial charge in [0.05, 0.1) is 12.0 Å². The van der Waals surface area contributed by atoms with Gasteiger partial charge in [-0.05, 0) is 19.9 Å². The predicted molar refractivity (Wildman–Crippen MR) is 77.4 cm³/mol. The number of benzene rings is 1. The van der Waals surface area contributed by atoms with Gasteiger partial charge in [0.15, 0.2) is 0 Å². The van der Waals surface area contributed by atoms with Gasteiger partial charge in [0.25, 0.3) is 0 Å². The van der Waals surface area contributed by atoms with Crippen LogP contribution in [-0.4, -0.2) is 35.1 Å². The third kappa shape index (κ3) is 4.73. The second-order valence-electron chi connectivity index (χ2n) is 4.97. The van der Waals surface area contributed by atoms with Crippen LogP contribution in [0.3, 0.4) is 0 Å². The molecule has 0 aromatic heterocycles. The van der Waals surface area contributed by atoms with E-state index in [4.69, 9.17) is 5.11 Å². The zero-order valence-corrected chi connectivity index (χ0v) is 12.5. The molecule has 0 radical (unpaired) electrons. The van der Waals surface area contributed by atoms with Crippen molar-refractivity contribution >= 4 is 12.0 Å². The van der Waals surface area contributed by atoms with Crippen LogP contribution in [0.2, 0.25) is 0 Å². The number of hydrogen-bond donors (Lipinski definition) is 2. The van der Waals surface area contributed by atoms with E-state index in [0.29, 0.717) is 12.1 Å². The minimum absolute atomic E-state index is 0.113. The molecule has 1 aromatic rings. The summed E-state index contributed by atoms with van der Waals surface area (Å²) in [5.41, 5.74) is 0.396. The molecule has 2 unspecified atom stereocenters. The van der Waals surface area contributed by atoms with Crippen molar-refractivity contribution in [1.82, 2.24) is 10.2 Å². The van der Waals surface area contributed by atoms with Gasteiger partial charge in [-0.1, -0.05) is 25.1 Å². The van der Waals surface area contributed by atoms with Crippen LogP contribution >= 0.6 is 0 Å². The fourth-order valence-corrected chi connectivity index (χ4v) is 1.94. The monoisotopic (exact) mass is 296 g/mol. The standard InChI is InChI=1S/C15H21FN2O3/c1-4-18(9-10(2)14(19)20)15(21)17-11(3)12-7-5-6-8-13(12)16/h5-8,10-11H,4,9H2,1-3H3,(H,17,21)(H,19,20). The summed E-state index contributed by atoms with van der Waals surface area (Å²) < 4.78 is 13.6. The van der Waals surface area contributed by atoms with Crippen molar-refractivity contribution < 1.29 is 19.1 Å². The number of halogens is 1. The fraction of sp³-hybridized carbons (Fsp3) is 0.467. The molecule has 1 aromatic carbocycles. The number of carboxylic acid groups (broad SMARTS) is 1. The van der Waals surface area contributed by atoms with E-state index in [1.807, 2.05) is 0 Å². The van der Waals surface area contributed by atoms with Gasteiger partial charge in [-0.3, -0.25) is 4.79 Å². The van der Waals surface area contributed by atoms with Crippen LogP contribution in [0, 0.1) is 11.7 Å². The molecule has 21 heavy (non-hydrogen) atoms. The molecule has 0 aliphatic rings. The van der Waals surface area contributed by atoms with Gasteiger partial charge < -0.3 is 15.3 Å². The summed E-state index contributed by atoms with van der Waals surface area (Å²) in [5, 5.41) is 11.6. The highest BCUT2D eigenvalue weighted by Gasteiger charge is 2.21. The smallest absolute Gasteiger partial charge is 0.317 e. The van der Waals surface area contributed by atoms with Gasteiger partial charge in [0.1, 0.15) is 5.82 Å².